The number of carboxylic acid groups (broad SMARTS) is 2. The first-order valence-corrected chi connectivity index (χ1v) is 18.7. The van der Waals surface area contributed by atoms with Crippen molar-refractivity contribution in [1.29, 1.82) is 0 Å². The van der Waals surface area contributed by atoms with Crippen molar-refractivity contribution in [2.75, 3.05) is 37.2 Å². The summed E-state index contributed by atoms with van der Waals surface area (Å²) in [5, 5.41) is 17.7. The number of carbonyl (C=O) groups excluding carboxylic acids is 2. The molecular weight excluding hydrogens is 697 g/mol. The van der Waals surface area contributed by atoms with Crippen molar-refractivity contribution in [3.05, 3.63) is 97.1 Å². The molecule has 0 spiro atoms. The summed E-state index contributed by atoms with van der Waals surface area (Å²) in [6.07, 6.45) is 5.67. The van der Waals surface area contributed by atoms with Gasteiger partial charge in [0.15, 0.2) is 0 Å². The Morgan fingerprint density at radius 2 is 0.979 bits per heavy atom. The molecular formula is C34H34O10S4. The average Bonchev–Trinajstić information content (AvgIpc) is 3.09. The van der Waals surface area contributed by atoms with Crippen molar-refractivity contribution in [2.45, 2.75) is 31.8 Å². The molecule has 2 unspecified atom stereocenters. The van der Waals surface area contributed by atoms with Gasteiger partial charge in [-0.15, -0.1) is 47.0 Å². The smallest absolute Gasteiger partial charge is 0.331 e. The lowest BCUT2D eigenvalue weighted by molar-refractivity contribution is -0.144. The minimum Gasteiger partial charge on any atom is -0.490 e. The topological polar surface area (TPSA) is 146 Å². The fourth-order valence-electron chi connectivity index (χ4n) is 3.67. The number of benzene rings is 3. The van der Waals surface area contributed by atoms with Crippen LogP contribution in [0.3, 0.4) is 0 Å². The third-order valence-electron chi connectivity index (χ3n) is 5.96. The molecule has 0 bridgehead atoms. The second kappa shape index (κ2) is 21.1. The first-order valence-electron chi connectivity index (χ1n) is 14.3. The van der Waals surface area contributed by atoms with E-state index in [0.29, 0.717) is 35.2 Å². The molecule has 3 aromatic carbocycles. The highest BCUT2D eigenvalue weighted by molar-refractivity contribution is 8.00. The lowest BCUT2D eigenvalue weighted by atomic mass is 10.3. The summed E-state index contributed by atoms with van der Waals surface area (Å²) >= 11 is 6.18. The average molecular weight is 731 g/mol. The van der Waals surface area contributed by atoms with E-state index in [9.17, 15) is 19.2 Å². The highest BCUT2D eigenvalue weighted by atomic mass is 32.2. The van der Waals surface area contributed by atoms with Crippen molar-refractivity contribution in [3.63, 3.8) is 0 Å². The van der Waals surface area contributed by atoms with Gasteiger partial charge in [-0.2, -0.15) is 0 Å². The van der Waals surface area contributed by atoms with E-state index in [-0.39, 0.29) is 13.2 Å². The SMILES string of the molecule is CSc1ccc(SCC(COc2cccc(OCC(CSc3ccc(SC)cc3)OC(=O)/C=C\C(=O)O)c2)OC(=O)/C=C\C(=O)O)cc1. The Morgan fingerprint density at radius 3 is 1.33 bits per heavy atom. The number of ether oxygens (including phenoxy) is 4. The van der Waals surface area contributed by atoms with E-state index in [1.807, 2.05) is 61.0 Å². The lowest BCUT2D eigenvalue weighted by Crippen LogP contribution is -2.27. The second-order valence-corrected chi connectivity index (χ2v) is 13.5. The number of carboxylic acids is 2. The van der Waals surface area contributed by atoms with Gasteiger partial charge in [-0.1, -0.05) is 6.07 Å². The van der Waals surface area contributed by atoms with E-state index in [1.54, 1.807) is 47.8 Å². The van der Waals surface area contributed by atoms with Gasteiger partial charge in [0.1, 0.15) is 36.9 Å². The van der Waals surface area contributed by atoms with Gasteiger partial charge in [-0.3, -0.25) is 0 Å². The molecule has 254 valence electrons. The van der Waals surface area contributed by atoms with Gasteiger partial charge < -0.3 is 29.2 Å². The molecule has 0 aliphatic heterocycles. The summed E-state index contributed by atoms with van der Waals surface area (Å²) in [5.74, 6) is -2.61. The number of rotatable bonds is 20. The molecule has 0 radical (unpaired) electrons. The van der Waals surface area contributed by atoms with Crippen LogP contribution in [0.25, 0.3) is 0 Å². The predicted molar refractivity (Wildman–Crippen MR) is 189 cm³/mol. The van der Waals surface area contributed by atoms with Crippen molar-refractivity contribution in [3.8, 4) is 11.5 Å². The molecule has 0 amide bonds. The molecule has 0 saturated carbocycles. The third-order valence-corrected chi connectivity index (χ3v) is 9.73. The molecule has 2 N–H and O–H groups in total. The van der Waals surface area contributed by atoms with Gasteiger partial charge in [0.05, 0.1) is 0 Å². The van der Waals surface area contributed by atoms with Crippen LogP contribution in [0.1, 0.15) is 0 Å². The van der Waals surface area contributed by atoms with Crippen LogP contribution in [0, 0.1) is 0 Å². The van der Waals surface area contributed by atoms with Crippen LogP contribution in [0.2, 0.25) is 0 Å². The van der Waals surface area contributed by atoms with Gasteiger partial charge in [0, 0.05) is 61.5 Å². The lowest BCUT2D eigenvalue weighted by Gasteiger charge is -2.19. The van der Waals surface area contributed by atoms with Crippen LogP contribution >= 0.6 is 47.0 Å². The zero-order chi connectivity index (χ0) is 34.7. The molecule has 48 heavy (non-hydrogen) atoms. The summed E-state index contributed by atoms with van der Waals surface area (Å²) in [5.41, 5.74) is 0. The monoisotopic (exact) mass is 730 g/mol. The second-order valence-electron chi connectivity index (χ2n) is 9.53. The van der Waals surface area contributed by atoms with E-state index in [1.165, 1.54) is 23.5 Å². The van der Waals surface area contributed by atoms with Gasteiger partial charge in [0.25, 0.3) is 0 Å². The summed E-state index contributed by atoms with van der Waals surface area (Å²) < 4.78 is 22.8. The van der Waals surface area contributed by atoms with Crippen LogP contribution in [0.4, 0.5) is 0 Å². The molecule has 0 saturated heterocycles. The van der Waals surface area contributed by atoms with Crippen molar-refractivity contribution in [2.24, 2.45) is 0 Å². The Balaban J connectivity index is 1.64. The van der Waals surface area contributed by atoms with E-state index in [2.05, 4.69) is 0 Å². The Morgan fingerprint density at radius 1 is 0.604 bits per heavy atom. The molecule has 3 rings (SSSR count). The van der Waals surface area contributed by atoms with Crippen molar-refractivity contribution >= 4 is 70.9 Å². The van der Waals surface area contributed by atoms with Gasteiger partial charge in [-0.05, 0) is 73.2 Å². The summed E-state index contributed by atoms with van der Waals surface area (Å²) in [7, 11) is 0. The van der Waals surface area contributed by atoms with Crippen molar-refractivity contribution in [1.82, 2.24) is 0 Å². The van der Waals surface area contributed by atoms with E-state index in [4.69, 9.17) is 29.2 Å². The Labute approximate surface area is 295 Å². The first kappa shape index (κ1) is 38.5. The largest absolute Gasteiger partial charge is 0.490 e. The maximum Gasteiger partial charge on any atom is 0.331 e. The molecule has 10 nitrogen and oxygen atoms in total. The van der Waals surface area contributed by atoms with Crippen LogP contribution in [-0.4, -0.2) is 83.5 Å². The fraction of sp³-hybridized carbons (Fsp3) is 0.235. The molecule has 0 aliphatic carbocycles. The third kappa shape index (κ3) is 15.3. The quantitative estimate of drug-likeness (QED) is 0.0733. The normalized spacial score (nSPS) is 12.4. The molecule has 0 heterocycles. The summed E-state index contributed by atoms with van der Waals surface area (Å²) in [4.78, 5) is 50.3. The standard InChI is InChI=1S/C34H34O10S4/c1-45-27-6-10-29(11-7-27)47-21-25(43-33(39)16-14-31(35)36)19-41-23-4-3-5-24(18-23)42-20-26(44-34(40)17-15-32(37)38)22-48-30-12-8-28(46-2)9-13-30/h3-18,25-26H,19-22H2,1-2H3,(H,35,36)(H,37,38)/b16-14-,17-15-. The van der Waals surface area contributed by atoms with Crippen LogP contribution in [-0.2, 0) is 28.7 Å². The van der Waals surface area contributed by atoms with Gasteiger partial charge >= 0.3 is 23.9 Å². The number of hydrogen-bond acceptors (Lipinski definition) is 12. The Bertz CT molecular complexity index is 1450. The summed E-state index contributed by atoms with van der Waals surface area (Å²) in [6.45, 7) is -0.0394. The minimum absolute atomic E-state index is 0.0197. The van der Waals surface area contributed by atoms with E-state index in [0.717, 1.165) is 31.7 Å². The number of carbonyl (C=O) groups is 4. The maximum atomic E-state index is 12.3. The predicted octanol–water partition coefficient (Wildman–Crippen LogP) is 6.58. The number of esters is 2. The van der Waals surface area contributed by atoms with Crippen LogP contribution in [0.5, 0.6) is 11.5 Å². The number of aliphatic carboxylic acids is 2. The molecule has 0 aliphatic rings. The molecule has 2 atom stereocenters. The zero-order valence-corrected chi connectivity index (χ0v) is 29.3. The zero-order valence-electron chi connectivity index (χ0n) is 26.0. The Kier molecular flexibility index (Phi) is 16.9. The number of hydrogen-bond donors (Lipinski definition) is 2. The van der Waals surface area contributed by atoms with E-state index < -0.39 is 36.1 Å². The maximum absolute atomic E-state index is 12.3. The van der Waals surface area contributed by atoms with Crippen molar-refractivity contribution < 1.29 is 48.3 Å². The first-order chi connectivity index (χ1) is 23.1. The highest BCUT2D eigenvalue weighted by Gasteiger charge is 2.18. The highest BCUT2D eigenvalue weighted by Crippen LogP contribution is 2.26. The molecule has 0 aromatic heterocycles. The molecule has 3 aromatic rings. The molecule has 14 heteroatoms. The van der Waals surface area contributed by atoms with Gasteiger partial charge in [-0.25, -0.2) is 19.2 Å². The van der Waals surface area contributed by atoms with Gasteiger partial charge in [0.2, 0.25) is 0 Å². The number of thioether (sulfide) groups is 4. The minimum atomic E-state index is -1.27. The van der Waals surface area contributed by atoms with E-state index >= 15 is 0 Å². The summed E-state index contributed by atoms with van der Waals surface area (Å²) in [6, 6.07) is 22.6. The fourth-order valence-corrected chi connectivity index (χ4v) is 6.23. The van der Waals surface area contributed by atoms with Crippen LogP contribution < -0.4 is 9.47 Å². The Hall–Kier alpha value is -3.98. The molecule has 0 fully saturated rings. The van der Waals surface area contributed by atoms with Crippen LogP contribution in [0.15, 0.2) is 117 Å².